The number of hydrogen-bond donors (Lipinski definition) is 3. The molecule has 3 aromatic rings. The van der Waals surface area contributed by atoms with E-state index in [0.29, 0.717) is 17.6 Å². The highest BCUT2D eigenvalue weighted by molar-refractivity contribution is 8.01. The molecule has 1 fully saturated rings. The van der Waals surface area contributed by atoms with Gasteiger partial charge in [-0.15, -0.1) is 11.8 Å². The molecule has 29 heavy (non-hydrogen) atoms. The van der Waals surface area contributed by atoms with Crippen molar-refractivity contribution in [1.82, 2.24) is 15.2 Å². The number of carboxylic acids is 1. The zero-order valence-corrected chi connectivity index (χ0v) is 17.3. The van der Waals surface area contributed by atoms with E-state index in [-0.39, 0.29) is 11.8 Å². The van der Waals surface area contributed by atoms with Gasteiger partial charge in [-0.1, -0.05) is 24.2 Å². The quantitative estimate of drug-likeness (QED) is 0.477. The zero-order valence-electron chi connectivity index (χ0n) is 15.6. The number of aromatic nitrogens is 3. The number of rotatable bonds is 7. The summed E-state index contributed by atoms with van der Waals surface area (Å²) in [5.74, 6) is -0.435. The van der Waals surface area contributed by atoms with Crippen LogP contribution in [0.1, 0.15) is 25.7 Å². The van der Waals surface area contributed by atoms with Gasteiger partial charge in [-0.25, -0.2) is 9.78 Å². The van der Waals surface area contributed by atoms with E-state index in [1.807, 2.05) is 18.2 Å². The smallest absolute Gasteiger partial charge is 0.328 e. The highest BCUT2D eigenvalue weighted by Crippen LogP contribution is 2.31. The van der Waals surface area contributed by atoms with Crippen LogP contribution in [0.3, 0.4) is 0 Å². The maximum atomic E-state index is 13.1. The van der Waals surface area contributed by atoms with Crippen LogP contribution in [0.25, 0.3) is 10.9 Å². The summed E-state index contributed by atoms with van der Waals surface area (Å²) in [5, 5.41) is 20.1. The number of thioether (sulfide) groups is 1. The van der Waals surface area contributed by atoms with Crippen LogP contribution in [0.15, 0.2) is 34.8 Å². The van der Waals surface area contributed by atoms with E-state index < -0.39 is 5.97 Å². The lowest BCUT2D eigenvalue weighted by atomic mass is 10.1. The van der Waals surface area contributed by atoms with Crippen molar-refractivity contribution in [3.05, 3.63) is 30.6 Å². The number of hydrogen-bond acceptors (Lipinski definition) is 6. The molecule has 3 N–H and O–H groups in total. The van der Waals surface area contributed by atoms with Crippen LogP contribution in [0, 0.1) is 5.92 Å². The summed E-state index contributed by atoms with van der Waals surface area (Å²) >= 11 is 2.47. The predicted octanol–water partition coefficient (Wildman–Crippen LogP) is 4.42. The van der Waals surface area contributed by atoms with E-state index >= 15 is 0 Å². The molecule has 0 bridgehead atoms. The molecule has 4 rings (SSSR count). The van der Waals surface area contributed by atoms with Crippen molar-refractivity contribution in [2.24, 2.45) is 5.92 Å². The van der Waals surface area contributed by atoms with Gasteiger partial charge in [0.15, 0.2) is 5.13 Å². The second kappa shape index (κ2) is 8.83. The molecule has 0 spiro atoms. The van der Waals surface area contributed by atoms with Crippen LogP contribution in [0.5, 0.6) is 0 Å². The molecular formula is C19H21N5O3S2. The molecule has 0 atom stereocenters. The van der Waals surface area contributed by atoms with E-state index in [1.54, 1.807) is 17.3 Å². The first-order chi connectivity index (χ1) is 14.1. The Bertz CT molecular complexity index is 1010. The van der Waals surface area contributed by atoms with Crippen molar-refractivity contribution < 1.29 is 14.7 Å². The topological polar surface area (TPSA) is 111 Å². The number of urea groups is 1. The van der Waals surface area contributed by atoms with Crippen LogP contribution in [-0.4, -0.2) is 44.6 Å². The Hall–Kier alpha value is -2.59. The van der Waals surface area contributed by atoms with Crippen molar-refractivity contribution in [3.8, 4) is 0 Å². The third-order valence-electron chi connectivity index (χ3n) is 4.93. The van der Waals surface area contributed by atoms with Gasteiger partial charge < -0.3 is 5.11 Å². The van der Waals surface area contributed by atoms with Gasteiger partial charge in [-0.3, -0.25) is 20.1 Å². The predicted molar refractivity (Wildman–Crippen MR) is 115 cm³/mol. The third-order valence-corrected chi connectivity index (χ3v) is 7.03. The normalized spacial score (nSPS) is 14.3. The first-order valence-corrected chi connectivity index (χ1v) is 11.2. The van der Waals surface area contributed by atoms with Gasteiger partial charge in [-0.2, -0.15) is 5.10 Å². The summed E-state index contributed by atoms with van der Waals surface area (Å²) in [6, 6.07) is 5.59. The number of fused-ring (bicyclic) bond motifs is 1. The van der Waals surface area contributed by atoms with Gasteiger partial charge >= 0.3 is 12.0 Å². The molecule has 0 aliphatic heterocycles. The number of nitrogens with zero attached hydrogens (tertiary/aromatic N) is 3. The molecule has 2 heterocycles. The zero-order chi connectivity index (χ0) is 20.2. The van der Waals surface area contributed by atoms with Gasteiger partial charge in [0.05, 0.1) is 27.9 Å². The van der Waals surface area contributed by atoms with Crippen molar-refractivity contribution in [2.75, 3.05) is 22.5 Å². The minimum absolute atomic E-state index is 0.0341. The number of H-pyrrole nitrogens is 1. The molecule has 152 valence electrons. The largest absolute Gasteiger partial charge is 0.481 e. The third kappa shape index (κ3) is 4.88. The number of amides is 2. The second-order valence-electron chi connectivity index (χ2n) is 7.00. The van der Waals surface area contributed by atoms with E-state index in [4.69, 9.17) is 5.11 Å². The molecule has 1 saturated carbocycles. The molecule has 2 amide bonds. The average molecular weight is 432 g/mol. The number of nitrogens with one attached hydrogen (secondary N) is 2. The van der Waals surface area contributed by atoms with Gasteiger partial charge in [0, 0.05) is 17.6 Å². The number of carbonyl (C=O) groups is 2. The number of anilines is 2. The van der Waals surface area contributed by atoms with E-state index in [9.17, 15) is 9.59 Å². The molecule has 10 heteroatoms. The Labute approximate surface area is 175 Å². The lowest BCUT2D eigenvalue weighted by molar-refractivity contribution is -0.133. The number of carbonyl (C=O) groups excluding carboxylic acids is 1. The van der Waals surface area contributed by atoms with Crippen molar-refractivity contribution in [2.45, 2.75) is 29.9 Å². The molecule has 0 unspecified atom stereocenters. The van der Waals surface area contributed by atoms with E-state index in [1.165, 1.54) is 35.9 Å². The molecule has 2 aromatic heterocycles. The van der Waals surface area contributed by atoms with Crippen molar-refractivity contribution in [1.29, 1.82) is 0 Å². The molecule has 8 nitrogen and oxygen atoms in total. The summed E-state index contributed by atoms with van der Waals surface area (Å²) in [4.78, 5) is 29.8. The average Bonchev–Trinajstić information content (AvgIpc) is 3.45. The Morgan fingerprint density at radius 2 is 2.14 bits per heavy atom. The fourth-order valence-corrected chi connectivity index (χ4v) is 5.11. The molecule has 1 aliphatic rings. The first kappa shape index (κ1) is 19.7. The van der Waals surface area contributed by atoms with Gasteiger partial charge in [0.2, 0.25) is 0 Å². The first-order valence-electron chi connectivity index (χ1n) is 9.40. The van der Waals surface area contributed by atoms with Crippen molar-refractivity contribution >= 4 is 56.8 Å². The molecular weight excluding hydrogens is 410 g/mol. The molecule has 1 aromatic carbocycles. The van der Waals surface area contributed by atoms with Gasteiger partial charge in [-0.05, 0) is 37.0 Å². The van der Waals surface area contributed by atoms with Gasteiger partial charge in [0.1, 0.15) is 0 Å². The van der Waals surface area contributed by atoms with Crippen LogP contribution < -0.4 is 10.2 Å². The summed E-state index contributed by atoms with van der Waals surface area (Å²) in [5.41, 5.74) is 1.69. The maximum Gasteiger partial charge on any atom is 0.328 e. The van der Waals surface area contributed by atoms with E-state index in [2.05, 4.69) is 20.5 Å². The maximum absolute atomic E-state index is 13.1. The number of benzene rings is 1. The Balaban J connectivity index is 1.51. The molecule has 0 radical (unpaired) electrons. The number of carboxylic acid groups (broad SMARTS) is 1. The Kier molecular flexibility index (Phi) is 6.00. The minimum atomic E-state index is -0.883. The molecule has 0 saturated heterocycles. The van der Waals surface area contributed by atoms with Crippen LogP contribution in [-0.2, 0) is 4.79 Å². The van der Waals surface area contributed by atoms with Crippen LogP contribution in [0.4, 0.5) is 15.6 Å². The Morgan fingerprint density at radius 3 is 2.93 bits per heavy atom. The summed E-state index contributed by atoms with van der Waals surface area (Å²) in [7, 11) is 0. The van der Waals surface area contributed by atoms with Crippen LogP contribution in [0.2, 0.25) is 0 Å². The van der Waals surface area contributed by atoms with E-state index in [0.717, 1.165) is 33.6 Å². The molecule has 1 aliphatic carbocycles. The highest BCUT2D eigenvalue weighted by atomic mass is 32.2. The lowest BCUT2D eigenvalue weighted by Crippen LogP contribution is -2.38. The number of aliphatic carboxylic acids is 1. The summed E-state index contributed by atoms with van der Waals surface area (Å²) < 4.78 is 0.754. The number of thiazole rings is 1. The SMILES string of the molecule is O=C(O)CSc1cnc(NC(=O)N(CC2CCCC2)c2ccc3cn[nH]c3c2)s1. The monoisotopic (exact) mass is 431 g/mol. The second-order valence-corrected chi connectivity index (χ2v) is 9.31. The fourth-order valence-electron chi connectivity index (χ4n) is 3.53. The lowest BCUT2D eigenvalue weighted by Gasteiger charge is -2.25. The summed E-state index contributed by atoms with van der Waals surface area (Å²) in [6.45, 7) is 0.650. The minimum Gasteiger partial charge on any atom is -0.481 e. The number of aromatic amines is 1. The Morgan fingerprint density at radius 1 is 1.31 bits per heavy atom. The summed E-state index contributed by atoms with van der Waals surface area (Å²) in [6.07, 6.45) is 8.01. The van der Waals surface area contributed by atoms with Gasteiger partial charge in [0.25, 0.3) is 0 Å². The highest BCUT2D eigenvalue weighted by Gasteiger charge is 2.24. The van der Waals surface area contributed by atoms with Crippen LogP contribution >= 0.6 is 23.1 Å². The standard InChI is InChI=1S/C19H21N5O3S2/c25-16(26)11-28-17-9-20-18(29-17)22-19(27)24(10-12-3-1-2-4-12)14-6-5-13-8-21-23-15(13)7-14/h5-9,12H,1-4,10-11H2,(H,21,23)(H,25,26)(H,20,22,27). The van der Waals surface area contributed by atoms with Crippen molar-refractivity contribution in [3.63, 3.8) is 0 Å². The fraction of sp³-hybridized carbons (Fsp3) is 0.368.